The first kappa shape index (κ1) is 13.5. The first-order valence-corrected chi connectivity index (χ1v) is 5.64. The van der Waals surface area contributed by atoms with Crippen LogP contribution >= 0.6 is 0 Å². The van der Waals surface area contributed by atoms with Gasteiger partial charge in [-0.25, -0.2) is 4.79 Å². The van der Waals surface area contributed by atoms with E-state index in [0.29, 0.717) is 16.8 Å². The van der Waals surface area contributed by atoms with Crippen LogP contribution in [0.25, 0.3) is 11.3 Å². The van der Waals surface area contributed by atoms with Gasteiger partial charge in [-0.2, -0.15) is 0 Å². The van der Waals surface area contributed by atoms with Crippen molar-refractivity contribution in [3.8, 4) is 11.3 Å². The molecule has 0 atom stereocenters. The predicted molar refractivity (Wildman–Crippen MR) is 72.4 cm³/mol. The van der Waals surface area contributed by atoms with Crippen molar-refractivity contribution < 1.29 is 14.8 Å². The smallest absolute Gasteiger partial charge is 0.337 e. The summed E-state index contributed by atoms with van der Waals surface area (Å²) >= 11 is 0. The van der Waals surface area contributed by atoms with Crippen molar-refractivity contribution in [3.63, 3.8) is 0 Å². The lowest BCUT2D eigenvalue weighted by Crippen LogP contribution is -2.03. The van der Waals surface area contributed by atoms with Crippen LogP contribution < -0.4 is 5.73 Å². The number of anilines is 1. The standard InChI is InChI=1S/C13H11N3O4/c1-7-2-3-8(4-12(7)16(19)20)11-5-9(13(17)18)10(14)6-15-11/h2-6H,14H2,1H3,(H,17,18). The molecule has 0 fully saturated rings. The van der Waals surface area contributed by atoms with Crippen LogP contribution in [0.1, 0.15) is 15.9 Å². The average molecular weight is 273 g/mol. The maximum atomic E-state index is 11.0. The van der Waals surface area contributed by atoms with Crippen LogP contribution in [0.2, 0.25) is 0 Å². The molecule has 3 N–H and O–H groups in total. The first-order chi connectivity index (χ1) is 9.40. The van der Waals surface area contributed by atoms with E-state index in [4.69, 9.17) is 10.8 Å². The minimum atomic E-state index is -1.17. The first-order valence-electron chi connectivity index (χ1n) is 5.64. The second kappa shape index (κ2) is 4.96. The normalized spacial score (nSPS) is 10.2. The molecule has 0 aliphatic carbocycles. The Kier molecular flexibility index (Phi) is 3.34. The number of nitro benzene ring substituents is 1. The second-order valence-corrected chi connectivity index (χ2v) is 4.22. The highest BCUT2D eigenvalue weighted by molar-refractivity contribution is 5.94. The summed E-state index contributed by atoms with van der Waals surface area (Å²) in [5, 5.41) is 19.9. The Bertz CT molecular complexity index is 651. The third kappa shape index (κ3) is 2.41. The highest BCUT2D eigenvalue weighted by Crippen LogP contribution is 2.27. The zero-order valence-electron chi connectivity index (χ0n) is 10.5. The van der Waals surface area contributed by atoms with Crippen molar-refractivity contribution in [1.82, 2.24) is 4.98 Å². The molecular formula is C13H11N3O4. The van der Waals surface area contributed by atoms with Gasteiger partial charge in [-0.05, 0) is 13.0 Å². The van der Waals surface area contributed by atoms with E-state index in [1.807, 2.05) is 0 Å². The number of hydrogen-bond acceptors (Lipinski definition) is 5. The van der Waals surface area contributed by atoms with Crippen molar-refractivity contribution in [1.29, 1.82) is 0 Å². The maximum Gasteiger partial charge on any atom is 0.337 e. The Balaban J connectivity index is 2.57. The number of carboxylic acids is 1. The summed E-state index contributed by atoms with van der Waals surface area (Å²) in [5.41, 5.74) is 6.74. The van der Waals surface area contributed by atoms with Gasteiger partial charge in [0.2, 0.25) is 0 Å². The Morgan fingerprint density at radius 1 is 1.40 bits per heavy atom. The van der Waals surface area contributed by atoms with E-state index in [1.54, 1.807) is 19.1 Å². The summed E-state index contributed by atoms with van der Waals surface area (Å²) in [6.07, 6.45) is 1.23. The molecule has 0 spiro atoms. The average Bonchev–Trinajstić information content (AvgIpc) is 2.39. The number of hydrogen-bond donors (Lipinski definition) is 2. The van der Waals surface area contributed by atoms with Crippen LogP contribution in [0.4, 0.5) is 11.4 Å². The number of benzene rings is 1. The van der Waals surface area contributed by atoms with Crippen LogP contribution in [-0.2, 0) is 0 Å². The van der Waals surface area contributed by atoms with Gasteiger partial charge in [0.25, 0.3) is 5.69 Å². The van der Waals surface area contributed by atoms with Crippen molar-refractivity contribution in [2.45, 2.75) is 6.92 Å². The van der Waals surface area contributed by atoms with E-state index in [0.717, 1.165) is 0 Å². The fourth-order valence-electron chi connectivity index (χ4n) is 1.77. The number of nitrogen functional groups attached to an aromatic ring is 1. The van der Waals surface area contributed by atoms with Crippen LogP contribution in [0.3, 0.4) is 0 Å². The molecule has 0 amide bonds. The van der Waals surface area contributed by atoms with Gasteiger partial charge in [0.1, 0.15) is 0 Å². The van der Waals surface area contributed by atoms with Crippen LogP contribution in [0.15, 0.2) is 30.5 Å². The maximum absolute atomic E-state index is 11.0. The number of aromatic carboxylic acids is 1. The zero-order valence-corrected chi connectivity index (χ0v) is 10.5. The third-order valence-corrected chi connectivity index (χ3v) is 2.87. The summed E-state index contributed by atoms with van der Waals surface area (Å²) in [6.45, 7) is 1.63. The summed E-state index contributed by atoms with van der Waals surface area (Å²) in [6, 6.07) is 5.89. The van der Waals surface area contributed by atoms with Gasteiger partial charge in [0.15, 0.2) is 0 Å². The molecule has 2 aromatic rings. The Hall–Kier alpha value is -2.96. The molecule has 1 aromatic carbocycles. The third-order valence-electron chi connectivity index (χ3n) is 2.87. The van der Waals surface area contributed by atoms with Crippen molar-refractivity contribution >= 4 is 17.3 Å². The summed E-state index contributed by atoms with van der Waals surface area (Å²) in [7, 11) is 0. The van der Waals surface area contributed by atoms with Crippen molar-refractivity contribution in [2.75, 3.05) is 5.73 Å². The quantitative estimate of drug-likeness (QED) is 0.653. The molecule has 1 heterocycles. The predicted octanol–water partition coefficient (Wildman–Crippen LogP) is 2.25. The minimum Gasteiger partial charge on any atom is -0.478 e. The molecule has 0 radical (unpaired) electrons. The monoisotopic (exact) mass is 273 g/mol. The molecule has 20 heavy (non-hydrogen) atoms. The molecule has 0 aliphatic rings. The molecule has 0 unspecified atom stereocenters. The number of carboxylic acid groups (broad SMARTS) is 1. The number of aromatic nitrogens is 1. The van der Waals surface area contributed by atoms with E-state index >= 15 is 0 Å². The van der Waals surface area contributed by atoms with E-state index in [-0.39, 0.29) is 16.9 Å². The van der Waals surface area contributed by atoms with E-state index in [2.05, 4.69) is 4.98 Å². The molecule has 0 saturated carbocycles. The van der Waals surface area contributed by atoms with Gasteiger partial charge in [-0.3, -0.25) is 15.1 Å². The number of aryl methyl sites for hydroxylation is 1. The molecule has 2 rings (SSSR count). The molecule has 7 heteroatoms. The summed E-state index contributed by atoms with van der Waals surface area (Å²) in [5.74, 6) is -1.17. The highest BCUT2D eigenvalue weighted by Gasteiger charge is 2.15. The van der Waals surface area contributed by atoms with Gasteiger partial charge in [-0.1, -0.05) is 12.1 Å². The number of nitrogens with zero attached hydrogens (tertiary/aromatic N) is 2. The molecule has 102 valence electrons. The number of pyridine rings is 1. The zero-order chi connectivity index (χ0) is 14.9. The Labute approximate surface area is 113 Å². The van der Waals surface area contributed by atoms with E-state index < -0.39 is 10.9 Å². The van der Waals surface area contributed by atoms with Crippen LogP contribution in [0, 0.1) is 17.0 Å². The lowest BCUT2D eigenvalue weighted by molar-refractivity contribution is -0.385. The van der Waals surface area contributed by atoms with Crippen LogP contribution in [0.5, 0.6) is 0 Å². The largest absolute Gasteiger partial charge is 0.478 e. The number of nitrogens with two attached hydrogens (primary N) is 1. The van der Waals surface area contributed by atoms with Crippen molar-refractivity contribution in [3.05, 3.63) is 51.7 Å². The van der Waals surface area contributed by atoms with Crippen molar-refractivity contribution in [2.24, 2.45) is 0 Å². The fourth-order valence-corrected chi connectivity index (χ4v) is 1.77. The van der Waals surface area contributed by atoms with E-state index in [9.17, 15) is 14.9 Å². The summed E-state index contributed by atoms with van der Waals surface area (Å²) < 4.78 is 0. The molecule has 0 bridgehead atoms. The summed E-state index contributed by atoms with van der Waals surface area (Å²) in [4.78, 5) is 25.4. The van der Waals surface area contributed by atoms with Gasteiger partial charge in [-0.15, -0.1) is 0 Å². The lowest BCUT2D eigenvalue weighted by Gasteiger charge is -2.06. The Morgan fingerprint density at radius 2 is 2.10 bits per heavy atom. The van der Waals surface area contributed by atoms with Gasteiger partial charge < -0.3 is 10.8 Å². The van der Waals surface area contributed by atoms with E-state index in [1.165, 1.54) is 18.3 Å². The van der Waals surface area contributed by atoms with Gasteiger partial charge in [0.05, 0.1) is 28.1 Å². The topological polar surface area (TPSA) is 119 Å². The molecular weight excluding hydrogens is 262 g/mol. The van der Waals surface area contributed by atoms with Gasteiger partial charge >= 0.3 is 5.97 Å². The molecule has 0 aliphatic heterocycles. The molecule has 7 nitrogen and oxygen atoms in total. The SMILES string of the molecule is Cc1ccc(-c2cc(C(=O)O)c(N)cn2)cc1[N+](=O)[O-]. The molecule has 1 aromatic heterocycles. The Morgan fingerprint density at radius 3 is 2.70 bits per heavy atom. The fraction of sp³-hybridized carbons (Fsp3) is 0.0769. The number of rotatable bonds is 3. The second-order valence-electron chi connectivity index (χ2n) is 4.22. The lowest BCUT2D eigenvalue weighted by atomic mass is 10.1. The van der Waals surface area contributed by atoms with Gasteiger partial charge in [0, 0.05) is 17.2 Å². The highest BCUT2D eigenvalue weighted by atomic mass is 16.6. The minimum absolute atomic E-state index is 0.0435. The molecule has 0 saturated heterocycles. The van der Waals surface area contributed by atoms with Crippen LogP contribution in [-0.4, -0.2) is 21.0 Å². The number of carbonyl (C=O) groups is 1. The number of nitro groups is 1.